The summed E-state index contributed by atoms with van der Waals surface area (Å²) in [6.07, 6.45) is 4.23. The summed E-state index contributed by atoms with van der Waals surface area (Å²) in [7, 11) is 0. The normalized spacial score (nSPS) is 25.6. The van der Waals surface area contributed by atoms with Gasteiger partial charge in [-0.3, -0.25) is 0 Å². The van der Waals surface area contributed by atoms with E-state index in [2.05, 4.69) is 16.3 Å². The number of nitrogens with zero attached hydrogens (tertiary/aromatic N) is 1. The minimum Gasteiger partial charge on any atom is -0.465 e. The number of furan rings is 1. The molecule has 2 fully saturated rings. The monoisotopic (exact) mass is 234 g/mol. The molecule has 1 aromatic heterocycles. The number of nitrogens with one attached hydrogen (secondary N) is 1. The van der Waals surface area contributed by atoms with Crippen LogP contribution in [0, 0.1) is 12.8 Å². The first kappa shape index (κ1) is 11.3. The molecular weight excluding hydrogens is 212 g/mol. The van der Waals surface area contributed by atoms with Crippen molar-refractivity contribution in [2.45, 2.75) is 38.8 Å². The molecule has 1 unspecified atom stereocenters. The standard InChI is InChI=1S/C14H22N2O/c1-11-2-5-14(17-11)9-15-8-12-6-7-16(10-12)13-3-4-13/h2,5,12-13,15H,3-4,6-10H2,1H3. The van der Waals surface area contributed by atoms with Crippen molar-refractivity contribution in [1.29, 1.82) is 0 Å². The zero-order chi connectivity index (χ0) is 11.7. The maximum Gasteiger partial charge on any atom is 0.117 e. The summed E-state index contributed by atoms with van der Waals surface area (Å²) in [5.41, 5.74) is 0. The van der Waals surface area contributed by atoms with Crippen LogP contribution in [-0.2, 0) is 6.54 Å². The van der Waals surface area contributed by atoms with Crippen LogP contribution in [-0.4, -0.2) is 30.6 Å². The Morgan fingerprint density at radius 1 is 1.35 bits per heavy atom. The first-order valence-corrected chi connectivity index (χ1v) is 6.81. The molecule has 0 bridgehead atoms. The number of hydrogen-bond donors (Lipinski definition) is 1. The van der Waals surface area contributed by atoms with Gasteiger partial charge in [-0.2, -0.15) is 0 Å². The van der Waals surface area contributed by atoms with Gasteiger partial charge in [-0.25, -0.2) is 0 Å². The smallest absolute Gasteiger partial charge is 0.117 e. The van der Waals surface area contributed by atoms with Gasteiger partial charge in [-0.15, -0.1) is 0 Å². The van der Waals surface area contributed by atoms with Crippen LogP contribution in [0.3, 0.4) is 0 Å². The van der Waals surface area contributed by atoms with E-state index < -0.39 is 0 Å². The third kappa shape index (κ3) is 2.90. The maximum absolute atomic E-state index is 5.54. The minimum atomic E-state index is 0.839. The van der Waals surface area contributed by atoms with Gasteiger partial charge in [-0.1, -0.05) is 0 Å². The van der Waals surface area contributed by atoms with E-state index in [4.69, 9.17) is 4.42 Å². The highest BCUT2D eigenvalue weighted by Gasteiger charge is 2.33. The van der Waals surface area contributed by atoms with Crippen molar-refractivity contribution in [2.75, 3.05) is 19.6 Å². The fourth-order valence-corrected chi connectivity index (χ4v) is 2.78. The van der Waals surface area contributed by atoms with E-state index in [1.54, 1.807) is 0 Å². The lowest BCUT2D eigenvalue weighted by atomic mass is 10.1. The van der Waals surface area contributed by atoms with Gasteiger partial charge >= 0.3 is 0 Å². The molecule has 94 valence electrons. The molecular formula is C14H22N2O. The van der Waals surface area contributed by atoms with Crippen molar-refractivity contribution in [2.24, 2.45) is 5.92 Å². The molecule has 3 rings (SSSR count). The molecule has 1 saturated carbocycles. The highest BCUT2D eigenvalue weighted by Crippen LogP contribution is 2.31. The Kier molecular flexibility index (Phi) is 3.21. The van der Waals surface area contributed by atoms with E-state index in [-0.39, 0.29) is 0 Å². The van der Waals surface area contributed by atoms with E-state index in [0.717, 1.165) is 36.6 Å². The van der Waals surface area contributed by atoms with Gasteiger partial charge in [0, 0.05) is 12.6 Å². The third-order valence-electron chi connectivity index (χ3n) is 3.91. The van der Waals surface area contributed by atoms with Crippen molar-refractivity contribution in [3.05, 3.63) is 23.7 Å². The summed E-state index contributed by atoms with van der Waals surface area (Å²) in [6, 6.07) is 5.03. The van der Waals surface area contributed by atoms with Crippen LogP contribution in [0.5, 0.6) is 0 Å². The van der Waals surface area contributed by atoms with Crippen molar-refractivity contribution < 1.29 is 4.42 Å². The zero-order valence-corrected chi connectivity index (χ0v) is 10.6. The summed E-state index contributed by atoms with van der Waals surface area (Å²) in [5.74, 6) is 2.90. The molecule has 0 radical (unpaired) electrons. The predicted octanol–water partition coefficient (Wildman–Crippen LogP) is 2.16. The van der Waals surface area contributed by atoms with E-state index in [1.165, 1.54) is 32.4 Å². The molecule has 1 aromatic rings. The summed E-state index contributed by atoms with van der Waals surface area (Å²) < 4.78 is 5.54. The van der Waals surface area contributed by atoms with Crippen LogP contribution in [0.1, 0.15) is 30.8 Å². The van der Waals surface area contributed by atoms with Gasteiger partial charge in [0.1, 0.15) is 11.5 Å². The summed E-state index contributed by atoms with van der Waals surface area (Å²) in [6.45, 7) is 6.61. The van der Waals surface area contributed by atoms with Crippen molar-refractivity contribution >= 4 is 0 Å². The first-order valence-electron chi connectivity index (χ1n) is 6.81. The molecule has 0 spiro atoms. The molecule has 0 aromatic carbocycles. The highest BCUT2D eigenvalue weighted by molar-refractivity contribution is 5.05. The van der Waals surface area contributed by atoms with Gasteiger partial charge in [0.25, 0.3) is 0 Å². The highest BCUT2D eigenvalue weighted by atomic mass is 16.3. The van der Waals surface area contributed by atoms with Crippen LogP contribution in [0.25, 0.3) is 0 Å². The topological polar surface area (TPSA) is 28.4 Å². The summed E-state index contributed by atoms with van der Waals surface area (Å²) in [4.78, 5) is 2.67. The lowest BCUT2D eigenvalue weighted by molar-refractivity contribution is 0.311. The van der Waals surface area contributed by atoms with Gasteiger partial charge < -0.3 is 14.6 Å². The van der Waals surface area contributed by atoms with Crippen molar-refractivity contribution in [3.63, 3.8) is 0 Å². The largest absolute Gasteiger partial charge is 0.465 e. The Morgan fingerprint density at radius 3 is 2.94 bits per heavy atom. The van der Waals surface area contributed by atoms with Crippen LogP contribution in [0.2, 0.25) is 0 Å². The Bertz CT molecular complexity index is 370. The average molecular weight is 234 g/mol. The number of hydrogen-bond acceptors (Lipinski definition) is 3. The van der Waals surface area contributed by atoms with E-state index in [1.807, 2.05) is 13.0 Å². The van der Waals surface area contributed by atoms with Crippen molar-refractivity contribution in [3.8, 4) is 0 Å². The third-order valence-corrected chi connectivity index (χ3v) is 3.91. The quantitative estimate of drug-likeness (QED) is 0.846. The molecule has 17 heavy (non-hydrogen) atoms. The Morgan fingerprint density at radius 2 is 2.24 bits per heavy atom. The first-order chi connectivity index (χ1) is 8.31. The average Bonchev–Trinajstić information content (AvgIpc) is 2.93. The zero-order valence-electron chi connectivity index (χ0n) is 10.6. The molecule has 0 amide bonds. The molecule has 1 saturated heterocycles. The Balaban J connectivity index is 1.37. The Labute approximate surface area is 103 Å². The molecule has 3 nitrogen and oxygen atoms in total. The van der Waals surface area contributed by atoms with Gasteiger partial charge in [0.2, 0.25) is 0 Å². The molecule has 1 aliphatic carbocycles. The van der Waals surface area contributed by atoms with Crippen LogP contribution >= 0.6 is 0 Å². The molecule has 3 heteroatoms. The number of aryl methyl sites for hydroxylation is 1. The molecule has 2 aliphatic rings. The van der Waals surface area contributed by atoms with Gasteiger partial charge in [-0.05, 0) is 57.3 Å². The SMILES string of the molecule is Cc1ccc(CNCC2CCN(C3CC3)C2)o1. The van der Waals surface area contributed by atoms with Crippen molar-refractivity contribution in [1.82, 2.24) is 10.2 Å². The lowest BCUT2D eigenvalue weighted by Gasteiger charge is -2.14. The minimum absolute atomic E-state index is 0.839. The molecule has 1 aliphatic heterocycles. The lowest BCUT2D eigenvalue weighted by Crippen LogP contribution is -2.27. The molecule has 2 heterocycles. The maximum atomic E-state index is 5.54. The second-order valence-electron chi connectivity index (χ2n) is 5.52. The summed E-state index contributed by atoms with van der Waals surface area (Å²) in [5, 5.41) is 3.52. The fraction of sp³-hybridized carbons (Fsp3) is 0.714. The molecule has 1 N–H and O–H groups in total. The summed E-state index contributed by atoms with van der Waals surface area (Å²) >= 11 is 0. The van der Waals surface area contributed by atoms with Crippen LogP contribution < -0.4 is 5.32 Å². The second-order valence-corrected chi connectivity index (χ2v) is 5.52. The second kappa shape index (κ2) is 4.83. The number of rotatable bonds is 5. The van der Waals surface area contributed by atoms with Crippen LogP contribution in [0.15, 0.2) is 16.5 Å². The number of likely N-dealkylation sites (tertiary alicyclic amines) is 1. The fourth-order valence-electron chi connectivity index (χ4n) is 2.78. The Hall–Kier alpha value is -0.800. The van der Waals surface area contributed by atoms with Gasteiger partial charge in [0.05, 0.1) is 6.54 Å². The van der Waals surface area contributed by atoms with E-state index >= 15 is 0 Å². The van der Waals surface area contributed by atoms with E-state index in [9.17, 15) is 0 Å². The van der Waals surface area contributed by atoms with Gasteiger partial charge in [0.15, 0.2) is 0 Å². The van der Waals surface area contributed by atoms with Crippen LogP contribution in [0.4, 0.5) is 0 Å². The molecule has 1 atom stereocenters. The predicted molar refractivity (Wildman–Crippen MR) is 67.9 cm³/mol. The van der Waals surface area contributed by atoms with E-state index in [0.29, 0.717) is 0 Å².